The number of hydrogen-bond donors (Lipinski definition) is 0. The van der Waals surface area contributed by atoms with Gasteiger partial charge < -0.3 is 4.74 Å². The number of halogens is 1. The molecule has 2 rings (SSSR count). The molecule has 0 saturated carbocycles. The Labute approximate surface area is 125 Å². The molecule has 0 aromatic heterocycles. The first-order valence-corrected chi connectivity index (χ1v) is 7.68. The molecule has 0 fully saturated rings. The van der Waals surface area contributed by atoms with E-state index >= 15 is 0 Å². The topological polar surface area (TPSA) is 33.0 Å². The van der Waals surface area contributed by atoms with E-state index in [2.05, 4.69) is 22.0 Å². The van der Waals surface area contributed by atoms with Crippen LogP contribution in [-0.4, -0.2) is 6.26 Å². The Bertz CT molecular complexity index is 649. The highest BCUT2D eigenvalue weighted by Crippen LogP contribution is 2.33. The van der Waals surface area contributed by atoms with Crippen molar-refractivity contribution in [2.45, 2.75) is 11.8 Å². The van der Waals surface area contributed by atoms with Gasteiger partial charge in [-0.2, -0.15) is 5.26 Å². The molecule has 0 aliphatic rings. The van der Waals surface area contributed by atoms with Crippen LogP contribution in [0.1, 0.15) is 11.1 Å². The lowest BCUT2D eigenvalue weighted by molar-refractivity contribution is 0.475. The van der Waals surface area contributed by atoms with Crippen molar-refractivity contribution in [3.63, 3.8) is 0 Å². The predicted octanol–water partition coefficient (Wildman–Crippen LogP) is 5.14. The molecule has 0 bridgehead atoms. The Hall–Kier alpha value is -1.44. The minimum atomic E-state index is 0.578. The lowest BCUT2D eigenvalue weighted by Crippen LogP contribution is -1.92. The smallest absolute Gasteiger partial charge is 0.146 e. The summed E-state index contributed by atoms with van der Waals surface area (Å²) < 4.78 is 6.84. The van der Waals surface area contributed by atoms with E-state index in [1.165, 1.54) is 0 Å². The second-order valence-electron chi connectivity index (χ2n) is 3.96. The standard InChI is InChI=1S/C15H12BrNOS/c1-10-6-7-11(16)8-14(10)18-13-4-3-5-15(19-2)12(13)9-17/h3-8H,1-2H3. The number of nitrogens with zero attached hydrogens (tertiary/aromatic N) is 1. The molecular weight excluding hydrogens is 322 g/mol. The number of benzene rings is 2. The molecule has 2 aromatic carbocycles. The SMILES string of the molecule is CSc1cccc(Oc2cc(Br)ccc2C)c1C#N. The van der Waals surface area contributed by atoms with Gasteiger partial charge in [-0.05, 0) is 43.0 Å². The summed E-state index contributed by atoms with van der Waals surface area (Å²) in [6.07, 6.45) is 1.95. The molecule has 0 unspecified atom stereocenters. The van der Waals surface area contributed by atoms with Crippen LogP contribution in [0, 0.1) is 18.3 Å². The van der Waals surface area contributed by atoms with Crippen molar-refractivity contribution in [1.82, 2.24) is 0 Å². The van der Waals surface area contributed by atoms with Crippen LogP contribution in [0.5, 0.6) is 11.5 Å². The monoisotopic (exact) mass is 333 g/mol. The van der Waals surface area contributed by atoms with Crippen LogP contribution in [0.15, 0.2) is 45.8 Å². The van der Waals surface area contributed by atoms with Crippen LogP contribution in [0.25, 0.3) is 0 Å². The molecule has 0 saturated heterocycles. The quantitative estimate of drug-likeness (QED) is 0.728. The van der Waals surface area contributed by atoms with E-state index < -0.39 is 0 Å². The van der Waals surface area contributed by atoms with E-state index in [1.54, 1.807) is 11.8 Å². The van der Waals surface area contributed by atoms with E-state index in [0.29, 0.717) is 11.3 Å². The predicted molar refractivity (Wildman–Crippen MR) is 81.9 cm³/mol. The number of thioether (sulfide) groups is 1. The van der Waals surface area contributed by atoms with Crippen molar-refractivity contribution < 1.29 is 4.74 Å². The number of ether oxygens (including phenoxy) is 1. The second-order valence-corrected chi connectivity index (χ2v) is 5.72. The Morgan fingerprint density at radius 2 is 2.00 bits per heavy atom. The van der Waals surface area contributed by atoms with Gasteiger partial charge in [-0.15, -0.1) is 11.8 Å². The lowest BCUT2D eigenvalue weighted by Gasteiger charge is -2.12. The van der Waals surface area contributed by atoms with Crippen LogP contribution in [0.2, 0.25) is 0 Å². The van der Waals surface area contributed by atoms with Gasteiger partial charge in [0.2, 0.25) is 0 Å². The third kappa shape index (κ3) is 3.12. The summed E-state index contributed by atoms with van der Waals surface area (Å²) in [5, 5.41) is 9.28. The van der Waals surface area contributed by atoms with Crippen molar-refractivity contribution in [2.75, 3.05) is 6.26 Å². The number of hydrogen-bond acceptors (Lipinski definition) is 3. The molecule has 4 heteroatoms. The lowest BCUT2D eigenvalue weighted by atomic mass is 10.2. The zero-order valence-corrected chi connectivity index (χ0v) is 13.0. The zero-order chi connectivity index (χ0) is 13.8. The summed E-state index contributed by atoms with van der Waals surface area (Å²) in [4.78, 5) is 0.924. The highest BCUT2D eigenvalue weighted by Gasteiger charge is 2.10. The van der Waals surface area contributed by atoms with Gasteiger partial charge in [-0.3, -0.25) is 0 Å². The molecule has 2 aromatic rings. The van der Waals surface area contributed by atoms with E-state index in [0.717, 1.165) is 20.7 Å². The molecule has 0 atom stereocenters. The van der Waals surface area contributed by atoms with E-state index in [1.807, 2.05) is 49.6 Å². The maximum Gasteiger partial charge on any atom is 0.146 e. The molecule has 0 N–H and O–H groups in total. The van der Waals surface area contributed by atoms with Gasteiger partial charge >= 0.3 is 0 Å². The Kier molecular flexibility index (Phi) is 4.52. The molecule has 0 radical (unpaired) electrons. The molecule has 19 heavy (non-hydrogen) atoms. The van der Waals surface area contributed by atoms with Gasteiger partial charge in [-0.1, -0.05) is 28.1 Å². The third-order valence-corrected chi connectivity index (χ3v) is 3.96. The van der Waals surface area contributed by atoms with Crippen molar-refractivity contribution in [3.8, 4) is 17.6 Å². The molecule has 96 valence electrons. The summed E-state index contributed by atoms with van der Waals surface area (Å²) in [6.45, 7) is 1.98. The normalized spacial score (nSPS) is 10.0. The van der Waals surface area contributed by atoms with Gasteiger partial charge in [0, 0.05) is 9.37 Å². The fraction of sp³-hybridized carbons (Fsp3) is 0.133. The molecule has 0 amide bonds. The maximum absolute atomic E-state index is 9.28. The summed E-state index contributed by atoms with van der Waals surface area (Å²) in [5.41, 5.74) is 1.61. The first kappa shape index (κ1) is 14.0. The van der Waals surface area contributed by atoms with E-state index in [4.69, 9.17) is 4.74 Å². The first-order valence-electron chi connectivity index (χ1n) is 5.67. The highest BCUT2D eigenvalue weighted by atomic mass is 79.9. The highest BCUT2D eigenvalue weighted by molar-refractivity contribution is 9.10. The molecular formula is C15H12BrNOS. The van der Waals surface area contributed by atoms with Crippen LogP contribution < -0.4 is 4.74 Å². The molecule has 0 heterocycles. The van der Waals surface area contributed by atoms with Crippen molar-refractivity contribution in [1.29, 1.82) is 5.26 Å². The Morgan fingerprint density at radius 1 is 1.21 bits per heavy atom. The van der Waals surface area contributed by atoms with Crippen molar-refractivity contribution >= 4 is 27.7 Å². The summed E-state index contributed by atoms with van der Waals surface area (Å²) in [7, 11) is 0. The molecule has 0 aliphatic carbocycles. The fourth-order valence-corrected chi connectivity index (χ4v) is 2.58. The largest absolute Gasteiger partial charge is 0.456 e. The maximum atomic E-state index is 9.28. The number of nitriles is 1. The minimum absolute atomic E-state index is 0.578. The molecule has 2 nitrogen and oxygen atoms in total. The Morgan fingerprint density at radius 3 is 2.68 bits per heavy atom. The summed E-state index contributed by atoms with van der Waals surface area (Å²) in [5.74, 6) is 1.35. The average Bonchev–Trinajstić information content (AvgIpc) is 2.42. The fourth-order valence-electron chi connectivity index (χ4n) is 1.68. The van der Waals surface area contributed by atoms with Crippen molar-refractivity contribution in [2.24, 2.45) is 0 Å². The van der Waals surface area contributed by atoms with Gasteiger partial charge in [0.15, 0.2) is 0 Å². The summed E-state index contributed by atoms with van der Waals surface area (Å²) >= 11 is 4.96. The van der Waals surface area contributed by atoms with Crippen molar-refractivity contribution in [3.05, 3.63) is 52.0 Å². The second kappa shape index (κ2) is 6.14. The number of aryl methyl sites for hydroxylation is 1. The molecule has 0 aliphatic heterocycles. The third-order valence-electron chi connectivity index (χ3n) is 2.69. The van der Waals surface area contributed by atoms with E-state index in [-0.39, 0.29) is 0 Å². The van der Waals surface area contributed by atoms with Gasteiger partial charge in [0.1, 0.15) is 23.1 Å². The van der Waals surface area contributed by atoms with Gasteiger partial charge in [0.05, 0.1) is 0 Å². The average molecular weight is 334 g/mol. The number of rotatable bonds is 3. The van der Waals surface area contributed by atoms with E-state index in [9.17, 15) is 5.26 Å². The molecule has 0 spiro atoms. The van der Waals surface area contributed by atoms with Gasteiger partial charge in [0.25, 0.3) is 0 Å². The van der Waals surface area contributed by atoms with Crippen LogP contribution in [0.4, 0.5) is 0 Å². The van der Waals surface area contributed by atoms with Crippen LogP contribution >= 0.6 is 27.7 Å². The van der Waals surface area contributed by atoms with Crippen LogP contribution in [-0.2, 0) is 0 Å². The summed E-state index contributed by atoms with van der Waals surface area (Å²) in [6, 6.07) is 13.7. The first-order chi connectivity index (χ1) is 9.15. The van der Waals surface area contributed by atoms with Gasteiger partial charge in [-0.25, -0.2) is 0 Å². The Balaban J connectivity index is 2.44. The van der Waals surface area contributed by atoms with Crippen LogP contribution in [0.3, 0.4) is 0 Å². The zero-order valence-electron chi connectivity index (χ0n) is 10.6. The minimum Gasteiger partial charge on any atom is -0.456 e.